The van der Waals surface area contributed by atoms with E-state index in [0.717, 1.165) is 10.6 Å². The van der Waals surface area contributed by atoms with E-state index < -0.39 is 0 Å². The Morgan fingerprint density at radius 1 is 1.62 bits per heavy atom. The second kappa shape index (κ2) is 4.58. The van der Waals surface area contributed by atoms with Crippen molar-refractivity contribution in [2.24, 2.45) is 0 Å². The van der Waals surface area contributed by atoms with Gasteiger partial charge in [-0.05, 0) is 25.1 Å². The lowest BCUT2D eigenvalue weighted by molar-refractivity contribution is 1.24. The molecular weight excluding hydrogens is 202 g/mol. The summed E-state index contributed by atoms with van der Waals surface area (Å²) in [7, 11) is 0. The van der Waals surface area contributed by atoms with Crippen LogP contribution in [0.1, 0.15) is 6.92 Å². The Morgan fingerprint density at radius 3 is 2.92 bits per heavy atom. The molecule has 3 heteroatoms. The van der Waals surface area contributed by atoms with Crippen molar-refractivity contribution >= 4 is 29.1 Å². The predicted octanol–water partition coefficient (Wildman–Crippen LogP) is 3.59. The predicted molar refractivity (Wildman–Crippen MR) is 61.4 cm³/mol. The molecule has 0 saturated carbocycles. The molecule has 70 valence electrons. The van der Waals surface area contributed by atoms with Crippen LogP contribution in [0.5, 0.6) is 0 Å². The Bertz CT molecular complexity index is 312. The van der Waals surface area contributed by atoms with E-state index in [2.05, 4.69) is 13.5 Å². The lowest BCUT2D eigenvalue weighted by Gasteiger charge is -2.08. The molecular formula is C10H12ClNS. The quantitative estimate of drug-likeness (QED) is 0.472. The molecule has 13 heavy (non-hydrogen) atoms. The number of hydrogen-bond acceptors (Lipinski definition) is 2. The molecule has 0 fully saturated rings. The zero-order valence-electron chi connectivity index (χ0n) is 7.46. The highest BCUT2D eigenvalue weighted by molar-refractivity contribution is 8.00. The van der Waals surface area contributed by atoms with Gasteiger partial charge in [0, 0.05) is 20.9 Å². The first kappa shape index (κ1) is 10.5. The van der Waals surface area contributed by atoms with Crippen LogP contribution in [0.4, 0.5) is 5.69 Å². The number of hydrogen-bond donors (Lipinski definition) is 1. The normalized spacial score (nSPS) is 12.5. The van der Waals surface area contributed by atoms with E-state index in [1.54, 1.807) is 17.8 Å². The lowest BCUT2D eigenvalue weighted by atomic mass is 10.3. The number of thioether (sulfide) groups is 1. The Hall–Kier alpha value is -0.600. The van der Waals surface area contributed by atoms with Crippen LogP contribution in [0, 0.1) is 0 Å². The minimum atomic E-state index is 0.348. The van der Waals surface area contributed by atoms with Gasteiger partial charge in [-0.2, -0.15) is 0 Å². The van der Waals surface area contributed by atoms with Gasteiger partial charge in [0.1, 0.15) is 0 Å². The van der Waals surface area contributed by atoms with Crippen molar-refractivity contribution in [1.82, 2.24) is 0 Å². The molecule has 0 heterocycles. The van der Waals surface area contributed by atoms with Crippen molar-refractivity contribution in [1.29, 1.82) is 0 Å². The van der Waals surface area contributed by atoms with E-state index in [-0.39, 0.29) is 0 Å². The molecule has 1 nitrogen and oxygen atoms in total. The standard InChI is InChI=1S/C10H12ClNS/c1-3-7(2)13-10-6-8(11)4-5-9(10)12/h3-7H,1,12H2,2H3. The van der Waals surface area contributed by atoms with Crippen molar-refractivity contribution in [3.05, 3.63) is 35.9 Å². The van der Waals surface area contributed by atoms with Gasteiger partial charge in [-0.25, -0.2) is 0 Å². The van der Waals surface area contributed by atoms with E-state index in [0.29, 0.717) is 10.3 Å². The zero-order valence-corrected chi connectivity index (χ0v) is 9.03. The molecule has 1 atom stereocenters. The molecule has 2 N–H and O–H groups in total. The van der Waals surface area contributed by atoms with Gasteiger partial charge in [-0.3, -0.25) is 0 Å². The summed E-state index contributed by atoms with van der Waals surface area (Å²) in [5, 5.41) is 1.06. The highest BCUT2D eigenvalue weighted by Crippen LogP contribution is 2.31. The van der Waals surface area contributed by atoms with E-state index in [9.17, 15) is 0 Å². The second-order valence-electron chi connectivity index (χ2n) is 2.74. The summed E-state index contributed by atoms with van der Waals surface area (Å²) in [5.74, 6) is 0. The summed E-state index contributed by atoms with van der Waals surface area (Å²) in [6, 6.07) is 5.49. The molecule has 0 aromatic heterocycles. The topological polar surface area (TPSA) is 26.0 Å². The van der Waals surface area contributed by atoms with Crippen molar-refractivity contribution < 1.29 is 0 Å². The molecule has 0 aliphatic heterocycles. The highest BCUT2D eigenvalue weighted by Gasteiger charge is 2.04. The fourth-order valence-corrected chi connectivity index (χ4v) is 1.99. The summed E-state index contributed by atoms with van der Waals surface area (Å²) >= 11 is 7.51. The molecule has 1 unspecified atom stereocenters. The van der Waals surface area contributed by atoms with Crippen LogP contribution in [0.2, 0.25) is 5.02 Å². The summed E-state index contributed by atoms with van der Waals surface area (Å²) < 4.78 is 0. The summed E-state index contributed by atoms with van der Waals surface area (Å²) in [4.78, 5) is 1.01. The van der Waals surface area contributed by atoms with Crippen LogP contribution in [0.3, 0.4) is 0 Å². The molecule has 0 aliphatic rings. The van der Waals surface area contributed by atoms with E-state index in [1.807, 2.05) is 18.2 Å². The van der Waals surface area contributed by atoms with Crippen LogP contribution < -0.4 is 5.73 Å². The summed E-state index contributed by atoms with van der Waals surface area (Å²) in [6.07, 6.45) is 1.88. The number of nitrogens with two attached hydrogens (primary N) is 1. The average molecular weight is 214 g/mol. The summed E-state index contributed by atoms with van der Waals surface area (Å²) in [6.45, 7) is 5.78. The number of nitrogen functional groups attached to an aromatic ring is 1. The lowest BCUT2D eigenvalue weighted by Crippen LogP contribution is -1.93. The van der Waals surface area contributed by atoms with Gasteiger partial charge in [0.05, 0.1) is 0 Å². The maximum Gasteiger partial charge on any atom is 0.0453 e. The highest BCUT2D eigenvalue weighted by atomic mass is 35.5. The molecule has 1 aromatic rings. The van der Waals surface area contributed by atoms with Gasteiger partial charge in [-0.1, -0.05) is 17.7 Å². The number of benzene rings is 1. The molecule has 0 aliphatic carbocycles. The Balaban J connectivity index is 2.86. The van der Waals surface area contributed by atoms with Crippen molar-refractivity contribution in [2.45, 2.75) is 17.1 Å². The summed E-state index contributed by atoms with van der Waals surface area (Å²) in [5.41, 5.74) is 6.55. The minimum Gasteiger partial charge on any atom is -0.398 e. The molecule has 0 bridgehead atoms. The fraction of sp³-hybridized carbons (Fsp3) is 0.200. The SMILES string of the molecule is C=CC(C)Sc1cc(Cl)ccc1N. The van der Waals surface area contributed by atoms with E-state index in [4.69, 9.17) is 17.3 Å². The molecule has 0 saturated heterocycles. The third kappa shape index (κ3) is 2.98. The third-order valence-corrected chi connectivity index (χ3v) is 3.03. The minimum absolute atomic E-state index is 0.348. The van der Waals surface area contributed by atoms with Crippen molar-refractivity contribution in [3.8, 4) is 0 Å². The first-order valence-electron chi connectivity index (χ1n) is 3.97. The van der Waals surface area contributed by atoms with Gasteiger partial charge in [0.25, 0.3) is 0 Å². The zero-order chi connectivity index (χ0) is 9.84. The molecule has 0 spiro atoms. The monoisotopic (exact) mass is 213 g/mol. The second-order valence-corrected chi connectivity index (χ2v) is 4.60. The van der Waals surface area contributed by atoms with Gasteiger partial charge < -0.3 is 5.73 Å². The maximum absolute atomic E-state index is 5.85. The van der Waals surface area contributed by atoms with Crippen LogP contribution in [0.15, 0.2) is 35.7 Å². The van der Waals surface area contributed by atoms with E-state index >= 15 is 0 Å². The molecule has 1 rings (SSSR count). The Labute approximate surface area is 88.0 Å². The Morgan fingerprint density at radius 2 is 2.31 bits per heavy atom. The first-order chi connectivity index (χ1) is 6.13. The molecule has 0 radical (unpaired) electrons. The fourth-order valence-electron chi connectivity index (χ4n) is 0.859. The maximum atomic E-state index is 5.85. The van der Waals surface area contributed by atoms with Crippen LogP contribution >= 0.6 is 23.4 Å². The van der Waals surface area contributed by atoms with Crippen molar-refractivity contribution in [3.63, 3.8) is 0 Å². The molecule has 1 aromatic carbocycles. The first-order valence-corrected chi connectivity index (χ1v) is 5.23. The number of halogens is 1. The van der Waals surface area contributed by atoms with Crippen LogP contribution in [0.25, 0.3) is 0 Å². The van der Waals surface area contributed by atoms with Gasteiger partial charge in [-0.15, -0.1) is 18.3 Å². The van der Waals surface area contributed by atoms with Crippen molar-refractivity contribution in [2.75, 3.05) is 5.73 Å². The van der Waals surface area contributed by atoms with Gasteiger partial charge in [0.15, 0.2) is 0 Å². The van der Waals surface area contributed by atoms with Crippen LogP contribution in [-0.4, -0.2) is 5.25 Å². The van der Waals surface area contributed by atoms with E-state index in [1.165, 1.54) is 0 Å². The smallest absolute Gasteiger partial charge is 0.0453 e. The number of anilines is 1. The Kier molecular flexibility index (Phi) is 3.70. The third-order valence-electron chi connectivity index (χ3n) is 1.62. The molecule has 0 amide bonds. The number of rotatable bonds is 3. The largest absolute Gasteiger partial charge is 0.398 e. The van der Waals surface area contributed by atoms with Crippen LogP contribution in [-0.2, 0) is 0 Å². The van der Waals surface area contributed by atoms with Gasteiger partial charge in [0.2, 0.25) is 0 Å². The van der Waals surface area contributed by atoms with Gasteiger partial charge >= 0.3 is 0 Å². The average Bonchev–Trinajstić information content (AvgIpc) is 2.11.